The molecule has 0 aromatic heterocycles. The van der Waals surface area contributed by atoms with Gasteiger partial charge >= 0.3 is 11.9 Å². The van der Waals surface area contributed by atoms with Crippen LogP contribution in [-0.4, -0.2) is 30.1 Å². The van der Waals surface area contributed by atoms with Gasteiger partial charge in [0.2, 0.25) is 0 Å². The lowest BCUT2D eigenvalue weighted by Crippen LogP contribution is -2.39. The SMILES string of the molecule is CCC(C)C(=O)OC(CC)(CC)CC(=O)OCC(C)(F)F. The van der Waals surface area contributed by atoms with Crippen molar-refractivity contribution < 1.29 is 27.8 Å². The zero-order chi connectivity index (χ0) is 16.7. The fraction of sp³-hybridized carbons (Fsp3) is 0.867. The van der Waals surface area contributed by atoms with Gasteiger partial charge in [-0.25, -0.2) is 8.78 Å². The Bertz CT molecular complexity index is 346. The average Bonchev–Trinajstić information content (AvgIpc) is 2.42. The van der Waals surface area contributed by atoms with Gasteiger partial charge in [0, 0.05) is 6.92 Å². The van der Waals surface area contributed by atoms with Crippen molar-refractivity contribution in [3.05, 3.63) is 0 Å². The van der Waals surface area contributed by atoms with Gasteiger partial charge in [-0.1, -0.05) is 27.7 Å². The van der Waals surface area contributed by atoms with Gasteiger partial charge in [-0.15, -0.1) is 0 Å². The molecule has 0 aliphatic rings. The Kier molecular flexibility index (Phi) is 7.82. The summed E-state index contributed by atoms with van der Waals surface area (Å²) in [7, 11) is 0. The molecule has 0 rings (SSSR count). The minimum Gasteiger partial charge on any atom is -0.459 e. The van der Waals surface area contributed by atoms with Crippen molar-refractivity contribution >= 4 is 11.9 Å². The van der Waals surface area contributed by atoms with E-state index in [1.54, 1.807) is 20.8 Å². The Morgan fingerprint density at radius 1 is 1.14 bits per heavy atom. The zero-order valence-electron chi connectivity index (χ0n) is 13.5. The lowest BCUT2D eigenvalue weighted by molar-refractivity contribution is -0.174. The Morgan fingerprint density at radius 3 is 2.05 bits per heavy atom. The van der Waals surface area contributed by atoms with Crippen molar-refractivity contribution in [3.8, 4) is 0 Å². The summed E-state index contributed by atoms with van der Waals surface area (Å²) >= 11 is 0. The van der Waals surface area contributed by atoms with E-state index in [0.717, 1.165) is 0 Å². The summed E-state index contributed by atoms with van der Waals surface area (Å²) < 4.78 is 35.4. The van der Waals surface area contributed by atoms with Gasteiger partial charge in [0.1, 0.15) is 5.60 Å². The summed E-state index contributed by atoms with van der Waals surface area (Å²) in [5.74, 6) is -4.49. The number of esters is 2. The van der Waals surface area contributed by atoms with Crippen LogP contribution in [0.3, 0.4) is 0 Å². The van der Waals surface area contributed by atoms with E-state index in [2.05, 4.69) is 4.74 Å². The summed E-state index contributed by atoms with van der Waals surface area (Å²) in [4.78, 5) is 23.6. The van der Waals surface area contributed by atoms with Crippen molar-refractivity contribution in [3.63, 3.8) is 0 Å². The van der Waals surface area contributed by atoms with E-state index >= 15 is 0 Å². The van der Waals surface area contributed by atoms with E-state index in [4.69, 9.17) is 4.74 Å². The Balaban J connectivity index is 4.73. The lowest BCUT2D eigenvalue weighted by Gasteiger charge is -2.31. The Labute approximate surface area is 125 Å². The quantitative estimate of drug-likeness (QED) is 0.609. The van der Waals surface area contributed by atoms with E-state index in [9.17, 15) is 18.4 Å². The molecule has 0 radical (unpaired) electrons. The van der Waals surface area contributed by atoms with Gasteiger partial charge in [0.25, 0.3) is 5.92 Å². The van der Waals surface area contributed by atoms with E-state index in [0.29, 0.717) is 26.2 Å². The third-order valence-corrected chi connectivity index (χ3v) is 3.57. The number of hydrogen-bond donors (Lipinski definition) is 0. The van der Waals surface area contributed by atoms with Crippen LogP contribution < -0.4 is 0 Å². The third-order valence-electron chi connectivity index (χ3n) is 3.57. The highest BCUT2D eigenvalue weighted by Gasteiger charge is 2.36. The molecule has 124 valence electrons. The maximum absolute atomic E-state index is 12.7. The molecule has 1 atom stereocenters. The van der Waals surface area contributed by atoms with E-state index in [1.807, 2.05) is 6.92 Å². The molecule has 21 heavy (non-hydrogen) atoms. The number of ether oxygens (including phenoxy) is 2. The molecular formula is C15H26F2O4. The number of hydrogen-bond acceptors (Lipinski definition) is 4. The van der Waals surface area contributed by atoms with Crippen LogP contribution in [0.1, 0.15) is 60.3 Å². The first-order chi connectivity index (χ1) is 9.59. The molecule has 0 aliphatic carbocycles. The van der Waals surface area contributed by atoms with Crippen LogP contribution in [0.15, 0.2) is 0 Å². The van der Waals surface area contributed by atoms with E-state index in [-0.39, 0.29) is 18.3 Å². The second-order valence-corrected chi connectivity index (χ2v) is 5.53. The molecule has 0 amide bonds. The molecule has 6 heteroatoms. The number of halogens is 2. The predicted molar refractivity (Wildman–Crippen MR) is 75.1 cm³/mol. The summed E-state index contributed by atoms with van der Waals surface area (Å²) in [6, 6.07) is 0. The first-order valence-corrected chi connectivity index (χ1v) is 7.35. The normalized spacial score (nSPS) is 13.7. The van der Waals surface area contributed by atoms with E-state index in [1.165, 1.54) is 0 Å². The highest BCUT2D eigenvalue weighted by Crippen LogP contribution is 2.27. The van der Waals surface area contributed by atoms with Crippen molar-refractivity contribution in [2.75, 3.05) is 6.61 Å². The molecule has 0 saturated carbocycles. The molecule has 0 N–H and O–H groups in total. The highest BCUT2D eigenvalue weighted by molar-refractivity contribution is 5.74. The van der Waals surface area contributed by atoms with Gasteiger partial charge in [-0.2, -0.15) is 0 Å². The van der Waals surface area contributed by atoms with Crippen LogP contribution in [0.4, 0.5) is 8.78 Å². The molecule has 0 spiro atoms. The van der Waals surface area contributed by atoms with E-state index < -0.39 is 24.1 Å². The second-order valence-electron chi connectivity index (χ2n) is 5.53. The van der Waals surface area contributed by atoms with Crippen molar-refractivity contribution in [1.29, 1.82) is 0 Å². The van der Waals surface area contributed by atoms with Crippen molar-refractivity contribution in [2.45, 2.75) is 71.8 Å². The minimum absolute atomic E-state index is 0.210. The largest absolute Gasteiger partial charge is 0.459 e. The average molecular weight is 308 g/mol. The molecule has 0 aromatic carbocycles. The molecule has 0 saturated heterocycles. The summed E-state index contributed by atoms with van der Waals surface area (Å²) in [5, 5.41) is 0. The number of rotatable bonds is 9. The summed E-state index contributed by atoms with van der Waals surface area (Å²) in [6.07, 6.45) is 1.26. The van der Waals surface area contributed by atoms with Crippen molar-refractivity contribution in [1.82, 2.24) is 0 Å². The molecule has 4 nitrogen and oxygen atoms in total. The van der Waals surface area contributed by atoms with Crippen LogP contribution in [-0.2, 0) is 19.1 Å². The van der Waals surface area contributed by atoms with Crippen LogP contribution in [0.25, 0.3) is 0 Å². The third kappa shape index (κ3) is 7.39. The standard InChI is InChI=1S/C15H26F2O4/c1-6-11(4)13(19)21-15(7-2,8-3)9-12(18)20-10-14(5,16)17/h11H,6-10H2,1-5H3. The first kappa shape index (κ1) is 19.8. The number of alkyl halides is 2. The van der Waals surface area contributed by atoms with Crippen molar-refractivity contribution in [2.24, 2.45) is 5.92 Å². The lowest BCUT2D eigenvalue weighted by atomic mass is 9.92. The predicted octanol–water partition coefficient (Wildman–Crippen LogP) is 3.72. The fourth-order valence-electron chi connectivity index (χ4n) is 1.68. The molecule has 0 aromatic rings. The first-order valence-electron chi connectivity index (χ1n) is 7.35. The zero-order valence-corrected chi connectivity index (χ0v) is 13.5. The molecule has 0 fully saturated rings. The van der Waals surface area contributed by atoms with Crippen LogP contribution >= 0.6 is 0 Å². The van der Waals surface area contributed by atoms with Gasteiger partial charge in [0.05, 0.1) is 12.3 Å². The topological polar surface area (TPSA) is 52.6 Å². The van der Waals surface area contributed by atoms with Gasteiger partial charge in [0.15, 0.2) is 6.61 Å². The van der Waals surface area contributed by atoms with Crippen LogP contribution in [0.2, 0.25) is 0 Å². The highest BCUT2D eigenvalue weighted by atomic mass is 19.3. The second kappa shape index (κ2) is 8.29. The Hall–Kier alpha value is -1.20. The smallest absolute Gasteiger partial charge is 0.310 e. The Morgan fingerprint density at radius 2 is 1.67 bits per heavy atom. The molecule has 1 unspecified atom stereocenters. The maximum Gasteiger partial charge on any atom is 0.310 e. The number of carbonyl (C=O) groups excluding carboxylic acids is 2. The summed E-state index contributed by atoms with van der Waals surface area (Å²) in [5.41, 5.74) is -0.985. The minimum atomic E-state index is -3.07. The molecule has 0 aliphatic heterocycles. The number of carbonyl (C=O) groups is 2. The van der Waals surface area contributed by atoms with Crippen LogP contribution in [0, 0.1) is 5.92 Å². The molecule has 0 bridgehead atoms. The maximum atomic E-state index is 12.7. The van der Waals surface area contributed by atoms with Gasteiger partial charge in [-0.3, -0.25) is 9.59 Å². The monoisotopic (exact) mass is 308 g/mol. The molecule has 0 heterocycles. The van der Waals surface area contributed by atoms with Gasteiger partial charge < -0.3 is 9.47 Å². The molecular weight excluding hydrogens is 282 g/mol. The van der Waals surface area contributed by atoms with Gasteiger partial charge in [-0.05, 0) is 19.3 Å². The van der Waals surface area contributed by atoms with Crippen LogP contribution in [0.5, 0.6) is 0 Å². The fourth-order valence-corrected chi connectivity index (χ4v) is 1.68. The summed E-state index contributed by atoms with van der Waals surface area (Å²) in [6.45, 7) is 6.90.